The predicted octanol–water partition coefficient (Wildman–Crippen LogP) is 2.52. The van der Waals surface area contributed by atoms with Crippen LogP contribution in [-0.2, 0) is 20.9 Å². The molecule has 108 valence electrons. The average Bonchev–Trinajstić information content (AvgIpc) is 2.45. The molecular weight excluding hydrogens is 254 g/mol. The first-order valence-corrected chi connectivity index (χ1v) is 7.27. The number of carbonyl (C=O) groups is 2. The van der Waals surface area contributed by atoms with E-state index in [9.17, 15) is 9.59 Å². The second kappa shape index (κ2) is 7.68. The molecule has 1 heterocycles. The van der Waals surface area contributed by atoms with Gasteiger partial charge in [0, 0.05) is 13.1 Å². The van der Waals surface area contributed by atoms with E-state index in [1.165, 1.54) is 6.42 Å². The molecule has 0 unspecified atom stereocenters. The molecule has 1 aliphatic heterocycles. The molecule has 0 saturated carbocycles. The summed E-state index contributed by atoms with van der Waals surface area (Å²) in [6.45, 7) is 1.48. The molecule has 1 saturated heterocycles. The number of hydrogen-bond acceptors (Lipinski definition) is 3. The molecule has 1 amide bonds. The molecule has 0 spiro atoms. The number of esters is 1. The molecule has 1 fully saturated rings. The van der Waals surface area contributed by atoms with Crippen molar-refractivity contribution in [2.24, 2.45) is 0 Å². The summed E-state index contributed by atoms with van der Waals surface area (Å²) in [5.41, 5.74) is 0.890. The quantitative estimate of drug-likeness (QED) is 0.615. The van der Waals surface area contributed by atoms with Crippen LogP contribution in [0.15, 0.2) is 30.3 Å². The Morgan fingerprint density at radius 2 is 1.55 bits per heavy atom. The SMILES string of the molecule is O=C(OCc1ccccc1)C(=O)N1CCCCCCC1. The largest absolute Gasteiger partial charge is 0.454 e. The molecule has 1 aromatic carbocycles. The van der Waals surface area contributed by atoms with Crippen molar-refractivity contribution in [1.82, 2.24) is 4.90 Å². The second-order valence-electron chi connectivity index (χ2n) is 5.12. The van der Waals surface area contributed by atoms with Gasteiger partial charge >= 0.3 is 11.9 Å². The maximum Gasteiger partial charge on any atom is 0.397 e. The fourth-order valence-electron chi connectivity index (χ4n) is 2.36. The van der Waals surface area contributed by atoms with Crippen molar-refractivity contribution in [2.45, 2.75) is 38.7 Å². The van der Waals surface area contributed by atoms with E-state index in [2.05, 4.69) is 0 Å². The van der Waals surface area contributed by atoms with Crippen molar-refractivity contribution in [1.29, 1.82) is 0 Å². The Morgan fingerprint density at radius 1 is 0.950 bits per heavy atom. The second-order valence-corrected chi connectivity index (χ2v) is 5.12. The summed E-state index contributed by atoms with van der Waals surface area (Å²) in [5, 5.41) is 0. The lowest BCUT2D eigenvalue weighted by Crippen LogP contribution is -2.39. The molecule has 20 heavy (non-hydrogen) atoms. The third kappa shape index (κ3) is 4.37. The zero-order valence-electron chi connectivity index (χ0n) is 11.7. The number of carbonyl (C=O) groups excluding carboxylic acids is 2. The minimum Gasteiger partial charge on any atom is -0.454 e. The Labute approximate surface area is 119 Å². The summed E-state index contributed by atoms with van der Waals surface area (Å²) >= 11 is 0. The average molecular weight is 275 g/mol. The Bertz CT molecular complexity index is 436. The van der Waals surface area contributed by atoms with Crippen LogP contribution in [0.2, 0.25) is 0 Å². The van der Waals surface area contributed by atoms with Crippen LogP contribution in [0.5, 0.6) is 0 Å². The van der Waals surface area contributed by atoms with Crippen molar-refractivity contribution >= 4 is 11.9 Å². The number of ether oxygens (including phenoxy) is 1. The van der Waals surface area contributed by atoms with Gasteiger partial charge in [-0.1, -0.05) is 49.6 Å². The third-order valence-corrected chi connectivity index (χ3v) is 3.53. The Hall–Kier alpha value is -1.84. The Balaban J connectivity index is 1.83. The van der Waals surface area contributed by atoms with Gasteiger partial charge in [0.2, 0.25) is 0 Å². The molecule has 0 aliphatic carbocycles. The van der Waals surface area contributed by atoms with E-state index in [1.807, 2.05) is 30.3 Å². The number of likely N-dealkylation sites (tertiary alicyclic amines) is 1. The molecule has 0 aromatic heterocycles. The highest BCUT2D eigenvalue weighted by atomic mass is 16.5. The molecule has 0 atom stereocenters. The van der Waals surface area contributed by atoms with E-state index >= 15 is 0 Å². The molecule has 0 N–H and O–H groups in total. The van der Waals surface area contributed by atoms with Crippen molar-refractivity contribution < 1.29 is 14.3 Å². The van der Waals surface area contributed by atoms with E-state index in [1.54, 1.807) is 4.90 Å². The molecular formula is C16H21NO3. The van der Waals surface area contributed by atoms with Gasteiger partial charge in [-0.25, -0.2) is 4.79 Å². The monoisotopic (exact) mass is 275 g/mol. The van der Waals surface area contributed by atoms with E-state index in [0.717, 1.165) is 31.2 Å². The van der Waals surface area contributed by atoms with Gasteiger partial charge in [-0.15, -0.1) is 0 Å². The number of rotatable bonds is 2. The van der Waals surface area contributed by atoms with Crippen LogP contribution in [0.4, 0.5) is 0 Å². The van der Waals surface area contributed by atoms with Gasteiger partial charge in [-0.2, -0.15) is 0 Å². The lowest BCUT2D eigenvalue weighted by molar-refractivity contribution is -0.161. The number of hydrogen-bond donors (Lipinski definition) is 0. The Morgan fingerprint density at radius 3 is 2.20 bits per heavy atom. The Kier molecular flexibility index (Phi) is 5.59. The zero-order valence-corrected chi connectivity index (χ0v) is 11.7. The van der Waals surface area contributed by atoms with E-state index in [0.29, 0.717) is 13.1 Å². The van der Waals surface area contributed by atoms with Crippen LogP contribution in [0, 0.1) is 0 Å². The van der Waals surface area contributed by atoms with Crippen LogP contribution in [0.25, 0.3) is 0 Å². The predicted molar refractivity (Wildman–Crippen MR) is 75.9 cm³/mol. The van der Waals surface area contributed by atoms with Gasteiger partial charge in [-0.05, 0) is 18.4 Å². The van der Waals surface area contributed by atoms with Crippen LogP contribution >= 0.6 is 0 Å². The van der Waals surface area contributed by atoms with Gasteiger partial charge in [0.05, 0.1) is 0 Å². The summed E-state index contributed by atoms with van der Waals surface area (Å²) < 4.78 is 5.09. The van der Waals surface area contributed by atoms with Crippen LogP contribution in [0.1, 0.15) is 37.7 Å². The molecule has 4 nitrogen and oxygen atoms in total. The molecule has 2 rings (SSSR count). The summed E-state index contributed by atoms with van der Waals surface area (Å²) in [7, 11) is 0. The molecule has 1 aliphatic rings. The van der Waals surface area contributed by atoms with Crippen molar-refractivity contribution in [3.05, 3.63) is 35.9 Å². The van der Waals surface area contributed by atoms with Gasteiger partial charge < -0.3 is 9.64 Å². The van der Waals surface area contributed by atoms with E-state index < -0.39 is 11.9 Å². The van der Waals surface area contributed by atoms with Crippen LogP contribution in [-0.4, -0.2) is 29.9 Å². The first-order chi connectivity index (χ1) is 9.77. The van der Waals surface area contributed by atoms with Crippen LogP contribution < -0.4 is 0 Å². The van der Waals surface area contributed by atoms with E-state index in [-0.39, 0.29) is 6.61 Å². The first-order valence-electron chi connectivity index (χ1n) is 7.27. The minimum absolute atomic E-state index is 0.152. The highest BCUT2D eigenvalue weighted by Crippen LogP contribution is 2.11. The van der Waals surface area contributed by atoms with Crippen molar-refractivity contribution in [2.75, 3.05) is 13.1 Å². The molecule has 1 aromatic rings. The van der Waals surface area contributed by atoms with Gasteiger partial charge in [0.25, 0.3) is 0 Å². The topological polar surface area (TPSA) is 46.6 Å². The fraction of sp³-hybridized carbons (Fsp3) is 0.500. The normalized spacial score (nSPS) is 16.1. The number of benzene rings is 1. The van der Waals surface area contributed by atoms with Crippen molar-refractivity contribution in [3.8, 4) is 0 Å². The number of nitrogens with zero attached hydrogens (tertiary/aromatic N) is 1. The lowest BCUT2D eigenvalue weighted by Gasteiger charge is -2.23. The number of amides is 1. The first kappa shape index (κ1) is 14.6. The van der Waals surface area contributed by atoms with Crippen molar-refractivity contribution in [3.63, 3.8) is 0 Å². The molecule has 0 bridgehead atoms. The van der Waals surface area contributed by atoms with Gasteiger partial charge in [0.15, 0.2) is 0 Å². The highest BCUT2D eigenvalue weighted by Gasteiger charge is 2.23. The summed E-state index contributed by atoms with van der Waals surface area (Å²) in [4.78, 5) is 25.5. The lowest BCUT2D eigenvalue weighted by atomic mass is 10.1. The van der Waals surface area contributed by atoms with Gasteiger partial charge in [-0.3, -0.25) is 4.79 Å². The third-order valence-electron chi connectivity index (χ3n) is 3.53. The smallest absolute Gasteiger partial charge is 0.397 e. The van der Waals surface area contributed by atoms with Crippen LogP contribution in [0.3, 0.4) is 0 Å². The zero-order chi connectivity index (χ0) is 14.2. The summed E-state index contributed by atoms with van der Waals surface area (Å²) in [5.74, 6) is -1.24. The van der Waals surface area contributed by atoms with Gasteiger partial charge in [0.1, 0.15) is 6.61 Å². The minimum atomic E-state index is -0.741. The molecule has 0 radical (unpaired) electrons. The molecule has 4 heteroatoms. The maximum atomic E-state index is 12.0. The maximum absolute atomic E-state index is 12.0. The fourth-order valence-corrected chi connectivity index (χ4v) is 2.36. The highest BCUT2D eigenvalue weighted by molar-refractivity contribution is 6.32. The standard InChI is InChI=1S/C16H21NO3/c18-15(17-11-7-2-1-3-8-12-17)16(19)20-13-14-9-5-4-6-10-14/h4-6,9-10H,1-3,7-8,11-13H2. The van der Waals surface area contributed by atoms with E-state index in [4.69, 9.17) is 4.74 Å². The summed E-state index contributed by atoms with van der Waals surface area (Å²) in [6, 6.07) is 9.39. The summed E-state index contributed by atoms with van der Waals surface area (Å²) in [6.07, 6.45) is 5.42.